The van der Waals surface area contributed by atoms with Crippen LogP contribution < -0.4 is 0 Å². The zero-order valence-electron chi connectivity index (χ0n) is 9.07. The third-order valence-electron chi connectivity index (χ3n) is 2.71. The van der Waals surface area contributed by atoms with Crippen molar-refractivity contribution in [3.05, 3.63) is 22.8 Å². The Kier molecular flexibility index (Phi) is 3.07. The van der Waals surface area contributed by atoms with E-state index in [0.717, 1.165) is 18.6 Å². The second-order valence-corrected chi connectivity index (χ2v) is 4.15. The van der Waals surface area contributed by atoms with Crippen molar-refractivity contribution in [2.75, 3.05) is 0 Å². The summed E-state index contributed by atoms with van der Waals surface area (Å²) in [5.74, 6) is 0.415. The lowest BCUT2D eigenvalue weighted by Gasteiger charge is -2.14. The number of allylic oxidation sites excluding steroid dienone is 4. The fraction of sp³-hybridized carbons (Fsp3) is 0.583. The Morgan fingerprint density at radius 1 is 1.46 bits per heavy atom. The minimum absolute atomic E-state index is 0.415. The van der Waals surface area contributed by atoms with Crippen molar-refractivity contribution in [2.45, 2.75) is 40.5 Å². The lowest BCUT2D eigenvalue weighted by atomic mass is 9.92. The molecule has 1 unspecified atom stereocenters. The van der Waals surface area contributed by atoms with Gasteiger partial charge in [-0.25, -0.2) is 0 Å². The maximum Gasteiger partial charge on any atom is 0.0416 e. The van der Waals surface area contributed by atoms with Crippen LogP contribution in [0.25, 0.3) is 0 Å². The quantitative estimate of drug-likeness (QED) is 0.583. The van der Waals surface area contributed by atoms with Crippen LogP contribution in [0.4, 0.5) is 0 Å². The average Bonchev–Trinajstić information content (AvgIpc) is 2.13. The molecule has 0 spiro atoms. The second-order valence-electron chi connectivity index (χ2n) is 4.15. The van der Waals surface area contributed by atoms with Crippen LogP contribution in [0.15, 0.2) is 22.8 Å². The molecule has 0 bridgehead atoms. The molecule has 13 heavy (non-hydrogen) atoms. The van der Waals surface area contributed by atoms with E-state index in [9.17, 15) is 0 Å². The van der Waals surface area contributed by atoms with Gasteiger partial charge < -0.3 is 5.41 Å². The summed E-state index contributed by atoms with van der Waals surface area (Å²) in [6, 6.07) is 0. The van der Waals surface area contributed by atoms with E-state index in [0.29, 0.717) is 5.92 Å². The van der Waals surface area contributed by atoms with Gasteiger partial charge in [-0.2, -0.15) is 0 Å². The first kappa shape index (κ1) is 10.2. The van der Waals surface area contributed by atoms with Gasteiger partial charge in [0.15, 0.2) is 0 Å². The maximum atomic E-state index is 8.05. The molecular weight excluding hydrogens is 158 g/mol. The van der Waals surface area contributed by atoms with Gasteiger partial charge >= 0.3 is 0 Å². The lowest BCUT2D eigenvalue weighted by molar-refractivity contribution is 0.696. The van der Waals surface area contributed by atoms with Crippen molar-refractivity contribution in [2.24, 2.45) is 5.92 Å². The number of hydrogen-bond donors (Lipinski definition) is 1. The Morgan fingerprint density at radius 2 is 2.08 bits per heavy atom. The fourth-order valence-corrected chi connectivity index (χ4v) is 1.92. The Hall–Kier alpha value is -0.850. The Labute approximate surface area is 81.1 Å². The van der Waals surface area contributed by atoms with Crippen LogP contribution in [0.1, 0.15) is 40.5 Å². The Balaban J connectivity index is 3.13. The van der Waals surface area contributed by atoms with Crippen LogP contribution >= 0.6 is 0 Å². The van der Waals surface area contributed by atoms with Crippen molar-refractivity contribution >= 4 is 5.71 Å². The van der Waals surface area contributed by atoms with Crippen molar-refractivity contribution in [1.82, 2.24) is 0 Å². The van der Waals surface area contributed by atoms with Crippen molar-refractivity contribution in [3.63, 3.8) is 0 Å². The van der Waals surface area contributed by atoms with Gasteiger partial charge in [-0.1, -0.05) is 18.6 Å². The van der Waals surface area contributed by atoms with Crippen molar-refractivity contribution in [1.29, 1.82) is 5.41 Å². The summed E-state index contributed by atoms with van der Waals surface area (Å²) in [6.07, 6.45) is 4.50. The average molecular weight is 177 g/mol. The highest BCUT2D eigenvalue weighted by Gasteiger charge is 2.18. The molecule has 0 aromatic rings. The zero-order valence-corrected chi connectivity index (χ0v) is 9.07. The van der Waals surface area contributed by atoms with E-state index in [1.54, 1.807) is 0 Å². The van der Waals surface area contributed by atoms with Gasteiger partial charge in [0.05, 0.1) is 0 Å². The summed E-state index contributed by atoms with van der Waals surface area (Å²) in [7, 11) is 0. The van der Waals surface area contributed by atoms with Crippen molar-refractivity contribution in [3.8, 4) is 0 Å². The molecular formula is C12H19N. The van der Waals surface area contributed by atoms with E-state index >= 15 is 0 Å². The molecule has 1 atom stereocenters. The molecule has 0 heterocycles. The molecule has 0 amide bonds. The molecule has 0 saturated carbocycles. The van der Waals surface area contributed by atoms with Gasteiger partial charge in [-0.3, -0.25) is 0 Å². The minimum Gasteiger partial charge on any atom is -0.304 e. The highest BCUT2D eigenvalue weighted by atomic mass is 14.5. The van der Waals surface area contributed by atoms with Gasteiger partial charge in [0.2, 0.25) is 0 Å². The molecule has 1 N–H and O–H groups in total. The molecule has 0 aromatic carbocycles. The van der Waals surface area contributed by atoms with Crippen LogP contribution in [-0.2, 0) is 0 Å². The van der Waals surface area contributed by atoms with Gasteiger partial charge in [0.1, 0.15) is 0 Å². The molecule has 0 aromatic heterocycles. The predicted octanol–water partition coefficient (Wildman–Crippen LogP) is 3.72. The molecule has 1 nitrogen and oxygen atoms in total. The van der Waals surface area contributed by atoms with Crippen molar-refractivity contribution < 1.29 is 0 Å². The summed E-state index contributed by atoms with van der Waals surface area (Å²) in [6.45, 7) is 8.46. The van der Waals surface area contributed by atoms with Gasteiger partial charge in [0, 0.05) is 5.71 Å². The highest BCUT2D eigenvalue weighted by molar-refractivity contribution is 6.03. The second kappa shape index (κ2) is 3.91. The van der Waals surface area contributed by atoms with Gasteiger partial charge in [-0.05, 0) is 50.7 Å². The first-order chi connectivity index (χ1) is 6.04. The molecule has 0 saturated heterocycles. The largest absolute Gasteiger partial charge is 0.304 e. The number of nitrogens with one attached hydrogen (secondary N) is 1. The SMILES string of the molecule is CC1=CCCC(C)C(=N)C1=C(C)C. The third kappa shape index (κ3) is 2.09. The van der Waals surface area contributed by atoms with E-state index in [4.69, 9.17) is 5.41 Å². The van der Waals surface area contributed by atoms with E-state index in [1.807, 2.05) is 0 Å². The first-order valence-electron chi connectivity index (χ1n) is 4.97. The highest BCUT2D eigenvalue weighted by Crippen LogP contribution is 2.26. The summed E-state index contributed by atoms with van der Waals surface area (Å²) in [5.41, 5.74) is 4.57. The summed E-state index contributed by atoms with van der Waals surface area (Å²) < 4.78 is 0. The van der Waals surface area contributed by atoms with E-state index < -0.39 is 0 Å². The standard InChI is InChI=1S/C12H19N/c1-8(2)11-9(3)6-5-7-10(4)12(11)13/h6,10,13H,5,7H2,1-4H3. The number of hydrogen-bond acceptors (Lipinski definition) is 1. The summed E-state index contributed by atoms with van der Waals surface area (Å²) in [4.78, 5) is 0. The zero-order chi connectivity index (χ0) is 10.0. The normalized spacial score (nSPS) is 24.0. The van der Waals surface area contributed by atoms with Gasteiger partial charge in [0.25, 0.3) is 0 Å². The lowest BCUT2D eigenvalue weighted by Crippen LogP contribution is -2.12. The molecule has 1 aliphatic rings. The van der Waals surface area contributed by atoms with Gasteiger partial charge in [-0.15, -0.1) is 0 Å². The topological polar surface area (TPSA) is 23.9 Å². The van der Waals surface area contributed by atoms with E-state index in [-0.39, 0.29) is 0 Å². The molecule has 1 aliphatic carbocycles. The van der Waals surface area contributed by atoms with Crippen LogP contribution in [-0.4, -0.2) is 5.71 Å². The minimum atomic E-state index is 0.415. The van der Waals surface area contributed by atoms with Crippen LogP contribution in [0.3, 0.4) is 0 Å². The summed E-state index contributed by atoms with van der Waals surface area (Å²) >= 11 is 0. The third-order valence-corrected chi connectivity index (χ3v) is 2.71. The Morgan fingerprint density at radius 3 is 2.62 bits per heavy atom. The monoisotopic (exact) mass is 177 g/mol. The molecule has 1 heteroatoms. The smallest absolute Gasteiger partial charge is 0.0416 e. The molecule has 1 rings (SSSR count). The van der Waals surface area contributed by atoms with E-state index in [2.05, 4.69) is 33.8 Å². The summed E-state index contributed by atoms with van der Waals surface area (Å²) in [5, 5.41) is 8.05. The van der Waals surface area contributed by atoms with E-state index in [1.165, 1.54) is 16.7 Å². The maximum absolute atomic E-state index is 8.05. The molecule has 0 radical (unpaired) electrons. The first-order valence-corrected chi connectivity index (χ1v) is 4.97. The van der Waals surface area contributed by atoms with Crippen LogP contribution in [0.5, 0.6) is 0 Å². The predicted molar refractivity (Wildman–Crippen MR) is 58.3 cm³/mol. The fourth-order valence-electron chi connectivity index (χ4n) is 1.92. The Bertz CT molecular complexity index is 277. The van der Waals surface area contributed by atoms with Crippen LogP contribution in [0, 0.1) is 11.3 Å². The van der Waals surface area contributed by atoms with Crippen LogP contribution in [0.2, 0.25) is 0 Å². The number of rotatable bonds is 0. The molecule has 0 fully saturated rings. The molecule has 0 aliphatic heterocycles. The molecule has 72 valence electrons.